The summed E-state index contributed by atoms with van der Waals surface area (Å²) in [4.78, 5) is 0. The van der Waals surface area contributed by atoms with E-state index in [9.17, 15) is 0 Å². The van der Waals surface area contributed by atoms with Crippen LogP contribution < -0.4 is 0 Å². The number of hydrogen-bond donors (Lipinski definition) is 0. The molecule has 1 heteroatoms. The predicted molar refractivity (Wildman–Crippen MR) is 101 cm³/mol. The van der Waals surface area contributed by atoms with Crippen LogP contribution in [-0.4, -0.2) is 0 Å². The average Bonchev–Trinajstić information content (AvgIpc) is 3.03. The molecule has 0 saturated heterocycles. The van der Waals surface area contributed by atoms with Gasteiger partial charge in [-0.2, -0.15) is 0 Å². The van der Waals surface area contributed by atoms with Gasteiger partial charge in [-0.1, -0.05) is 0 Å². The minimum absolute atomic E-state index is 0.677. The van der Waals surface area contributed by atoms with Gasteiger partial charge >= 0.3 is 153 Å². The third-order valence-corrected chi connectivity index (χ3v) is 11.2. The number of hydrogen-bond acceptors (Lipinski definition) is 0. The SMILES string of the molecule is [CH3][Hf]([CH3])[CH]1C(c2ccccc2)=Cc2c(-c3ccccc3)cccc21. The third kappa shape index (κ3) is 2.75. The zero-order valence-corrected chi connectivity index (χ0v) is 17.8. The van der Waals surface area contributed by atoms with Crippen LogP contribution in [0.15, 0.2) is 78.9 Å². The van der Waals surface area contributed by atoms with Gasteiger partial charge in [0, 0.05) is 0 Å². The molecule has 1 aliphatic carbocycles. The maximum absolute atomic E-state index is 2.54. The second kappa shape index (κ2) is 6.64. The fraction of sp³-hybridized carbons (Fsp3) is 0.130. The summed E-state index contributed by atoms with van der Waals surface area (Å²) in [5.41, 5.74) is 8.63. The first-order chi connectivity index (χ1) is 11.8. The van der Waals surface area contributed by atoms with Crippen molar-refractivity contribution >= 4 is 11.6 Å². The molecular formula is C23H21Hf. The van der Waals surface area contributed by atoms with E-state index in [0.29, 0.717) is 3.67 Å². The summed E-state index contributed by atoms with van der Waals surface area (Å²) in [6.45, 7) is 0. The summed E-state index contributed by atoms with van der Waals surface area (Å²) in [7, 11) is 0. The van der Waals surface area contributed by atoms with Crippen LogP contribution in [-0.2, 0) is 21.4 Å². The summed E-state index contributed by atoms with van der Waals surface area (Å²) in [6.07, 6.45) is 2.47. The van der Waals surface area contributed by atoms with E-state index in [0.717, 1.165) is 0 Å². The summed E-state index contributed by atoms with van der Waals surface area (Å²) in [6, 6.07) is 28.6. The summed E-state index contributed by atoms with van der Waals surface area (Å²) in [5.74, 6) is 0. The molecule has 0 spiro atoms. The predicted octanol–water partition coefficient (Wildman–Crippen LogP) is 6.66. The van der Waals surface area contributed by atoms with Gasteiger partial charge in [-0.15, -0.1) is 0 Å². The van der Waals surface area contributed by atoms with Crippen molar-refractivity contribution in [1.82, 2.24) is 0 Å². The van der Waals surface area contributed by atoms with Crippen molar-refractivity contribution in [2.24, 2.45) is 0 Å². The van der Waals surface area contributed by atoms with E-state index in [2.05, 4.69) is 94.3 Å². The molecule has 0 N–H and O–H groups in total. The Labute approximate surface area is 152 Å². The molecule has 0 aliphatic heterocycles. The Kier molecular flexibility index (Phi) is 4.37. The molecule has 3 aromatic carbocycles. The van der Waals surface area contributed by atoms with E-state index in [1.807, 2.05) is 0 Å². The molecule has 117 valence electrons. The molecule has 1 unspecified atom stereocenters. The standard InChI is InChI=1S/C21H15.2CH3.Hf/c1-3-8-16(9-4-1)19-14-18-12-7-13-20(21(18)15-19)17-10-5-2-6-11-17;;;/h1-15H;2*1H3;. The molecule has 0 heterocycles. The van der Waals surface area contributed by atoms with E-state index in [1.165, 1.54) is 22.3 Å². The molecule has 1 atom stereocenters. The summed E-state index contributed by atoms with van der Waals surface area (Å²) >= 11 is -1.64. The van der Waals surface area contributed by atoms with Crippen LogP contribution >= 0.6 is 0 Å². The Balaban J connectivity index is 1.91. The molecule has 0 nitrogen and oxygen atoms in total. The van der Waals surface area contributed by atoms with Crippen molar-refractivity contribution in [3.8, 4) is 11.1 Å². The van der Waals surface area contributed by atoms with Gasteiger partial charge in [0.25, 0.3) is 0 Å². The number of allylic oxidation sites excluding steroid dienone is 1. The normalized spacial score (nSPS) is 15.8. The van der Waals surface area contributed by atoms with Gasteiger partial charge < -0.3 is 0 Å². The van der Waals surface area contributed by atoms with Gasteiger partial charge in [0.05, 0.1) is 0 Å². The monoisotopic (exact) mass is 477 g/mol. The van der Waals surface area contributed by atoms with Crippen LogP contribution in [0.2, 0.25) is 9.36 Å². The number of rotatable bonds is 3. The van der Waals surface area contributed by atoms with Crippen LogP contribution in [0.4, 0.5) is 0 Å². The molecule has 1 aliphatic rings. The molecule has 0 radical (unpaired) electrons. The molecule has 3 aromatic rings. The quantitative estimate of drug-likeness (QED) is 0.371. The van der Waals surface area contributed by atoms with Gasteiger partial charge in [0.2, 0.25) is 0 Å². The minimum atomic E-state index is -1.64. The maximum atomic E-state index is 2.54. The van der Waals surface area contributed by atoms with Crippen molar-refractivity contribution < 1.29 is 21.4 Å². The Morgan fingerprint density at radius 2 is 1.29 bits per heavy atom. The van der Waals surface area contributed by atoms with Gasteiger partial charge in [0.1, 0.15) is 0 Å². The van der Waals surface area contributed by atoms with Crippen LogP contribution in [0.3, 0.4) is 0 Å². The number of benzene rings is 3. The fourth-order valence-corrected chi connectivity index (χ4v) is 10.0. The molecule has 0 saturated carbocycles. The third-order valence-electron chi connectivity index (χ3n) is 4.83. The van der Waals surface area contributed by atoms with Crippen LogP contribution in [0.5, 0.6) is 0 Å². The topological polar surface area (TPSA) is 0 Å². The van der Waals surface area contributed by atoms with Crippen LogP contribution in [0, 0.1) is 0 Å². The first kappa shape index (κ1) is 15.8. The molecule has 0 bridgehead atoms. The zero-order valence-electron chi connectivity index (χ0n) is 14.2. The summed E-state index contributed by atoms with van der Waals surface area (Å²) in [5, 5.41) is 0. The van der Waals surface area contributed by atoms with Crippen LogP contribution in [0.25, 0.3) is 22.8 Å². The van der Waals surface area contributed by atoms with Crippen molar-refractivity contribution in [3.63, 3.8) is 0 Å². The van der Waals surface area contributed by atoms with Gasteiger partial charge in [0.15, 0.2) is 0 Å². The van der Waals surface area contributed by atoms with Crippen molar-refractivity contribution in [2.45, 2.75) is 13.0 Å². The molecule has 0 amide bonds. The second-order valence-corrected chi connectivity index (χ2v) is 16.5. The Morgan fingerprint density at radius 1 is 0.667 bits per heavy atom. The van der Waals surface area contributed by atoms with Crippen molar-refractivity contribution in [3.05, 3.63) is 95.6 Å². The van der Waals surface area contributed by atoms with Crippen LogP contribution in [0.1, 0.15) is 20.4 Å². The van der Waals surface area contributed by atoms with E-state index in [4.69, 9.17) is 0 Å². The molecule has 0 fully saturated rings. The fourth-order valence-electron chi connectivity index (χ4n) is 3.77. The molecule has 4 rings (SSSR count). The average molecular weight is 476 g/mol. The molecular weight excluding hydrogens is 455 g/mol. The second-order valence-electron chi connectivity index (χ2n) is 6.65. The Morgan fingerprint density at radius 3 is 1.92 bits per heavy atom. The van der Waals surface area contributed by atoms with Gasteiger partial charge in [-0.25, -0.2) is 0 Å². The van der Waals surface area contributed by atoms with Gasteiger partial charge in [-0.05, 0) is 0 Å². The molecule has 0 aromatic heterocycles. The van der Waals surface area contributed by atoms with E-state index in [1.54, 1.807) is 11.1 Å². The zero-order chi connectivity index (χ0) is 16.5. The van der Waals surface area contributed by atoms with Crippen molar-refractivity contribution in [1.29, 1.82) is 0 Å². The van der Waals surface area contributed by atoms with E-state index >= 15 is 0 Å². The first-order valence-electron chi connectivity index (χ1n) is 8.51. The Bertz CT molecular complexity index is 876. The van der Waals surface area contributed by atoms with E-state index in [-0.39, 0.29) is 0 Å². The summed E-state index contributed by atoms with van der Waals surface area (Å²) < 4.78 is 5.75. The van der Waals surface area contributed by atoms with E-state index < -0.39 is 21.4 Å². The molecule has 24 heavy (non-hydrogen) atoms. The first-order valence-corrected chi connectivity index (χ1v) is 17.8. The Hall–Kier alpha value is -1.73. The van der Waals surface area contributed by atoms with Crippen molar-refractivity contribution in [2.75, 3.05) is 0 Å². The van der Waals surface area contributed by atoms with Gasteiger partial charge in [-0.3, -0.25) is 0 Å². The number of fused-ring (bicyclic) bond motifs is 1.